The van der Waals surface area contributed by atoms with Crippen LogP contribution in [0.25, 0.3) is 10.8 Å². The van der Waals surface area contributed by atoms with Gasteiger partial charge in [-0.15, -0.1) is 11.3 Å². The van der Waals surface area contributed by atoms with E-state index in [0.717, 1.165) is 36.1 Å². The van der Waals surface area contributed by atoms with Crippen LogP contribution in [0, 0.1) is 0 Å². The van der Waals surface area contributed by atoms with Crippen molar-refractivity contribution in [3.05, 3.63) is 59.1 Å². The third kappa shape index (κ3) is 4.35. The van der Waals surface area contributed by atoms with E-state index in [1.165, 1.54) is 11.3 Å². The zero-order chi connectivity index (χ0) is 18.8. The summed E-state index contributed by atoms with van der Waals surface area (Å²) in [6, 6.07) is 13.8. The van der Waals surface area contributed by atoms with Gasteiger partial charge in [0.1, 0.15) is 0 Å². The van der Waals surface area contributed by atoms with E-state index in [-0.39, 0.29) is 18.1 Å². The van der Waals surface area contributed by atoms with Crippen LogP contribution < -0.4 is 5.32 Å². The summed E-state index contributed by atoms with van der Waals surface area (Å²) >= 11 is 1.47. The number of nitrogens with zero attached hydrogens (tertiary/aromatic N) is 2. The Labute approximate surface area is 163 Å². The molecule has 1 aliphatic heterocycles. The highest BCUT2D eigenvalue weighted by Crippen LogP contribution is 2.21. The van der Waals surface area contributed by atoms with Crippen molar-refractivity contribution >= 4 is 33.1 Å². The Morgan fingerprint density at radius 3 is 2.70 bits per heavy atom. The quantitative estimate of drug-likeness (QED) is 0.737. The summed E-state index contributed by atoms with van der Waals surface area (Å²) in [7, 11) is 0. The van der Waals surface area contributed by atoms with Gasteiger partial charge in [0.25, 0.3) is 5.91 Å². The lowest BCUT2D eigenvalue weighted by Crippen LogP contribution is -2.44. The molecule has 2 aromatic carbocycles. The summed E-state index contributed by atoms with van der Waals surface area (Å²) in [6.45, 7) is 6.78. The molecule has 1 fully saturated rings. The lowest BCUT2D eigenvalue weighted by molar-refractivity contribution is -0.0707. The average molecular weight is 382 g/mol. The molecule has 3 aromatic rings. The predicted octanol–water partition coefficient (Wildman–Crippen LogP) is 4.16. The van der Waals surface area contributed by atoms with E-state index in [2.05, 4.69) is 29.0 Å². The van der Waals surface area contributed by atoms with Crippen LogP contribution in [-0.4, -0.2) is 41.1 Å². The first-order chi connectivity index (χ1) is 13.1. The van der Waals surface area contributed by atoms with Crippen molar-refractivity contribution in [2.75, 3.05) is 18.4 Å². The smallest absolute Gasteiger partial charge is 0.257 e. The number of ether oxygens (including phenoxy) is 1. The van der Waals surface area contributed by atoms with Crippen molar-refractivity contribution in [1.29, 1.82) is 0 Å². The molecule has 27 heavy (non-hydrogen) atoms. The van der Waals surface area contributed by atoms with Gasteiger partial charge in [-0.3, -0.25) is 15.0 Å². The summed E-state index contributed by atoms with van der Waals surface area (Å²) in [5.74, 6) is -0.129. The fraction of sp³-hybridized carbons (Fsp3) is 0.333. The van der Waals surface area contributed by atoms with Crippen LogP contribution in [-0.2, 0) is 11.3 Å². The Bertz CT molecular complexity index is 945. The molecule has 140 valence electrons. The number of carbonyl (C=O) groups excluding carboxylic acids is 1. The third-order valence-electron chi connectivity index (χ3n) is 4.66. The molecule has 1 aliphatic rings. The van der Waals surface area contributed by atoms with Gasteiger partial charge in [0.15, 0.2) is 5.13 Å². The lowest BCUT2D eigenvalue weighted by atomic mass is 10.1. The SMILES string of the molecule is CC1CN(Cc2csc(NC(=O)c3ccc4ccccc4c3)n2)CC(C)O1. The van der Waals surface area contributed by atoms with Crippen LogP contribution in [0.2, 0.25) is 0 Å². The van der Waals surface area contributed by atoms with E-state index in [1.807, 2.05) is 47.8 Å². The standard InChI is InChI=1S/C21H23N3O2S/c1-14-10-24(11-15(2)26-14)12-19-13-27-21(22-19)23-20(25)18-8-7-16-5-3-4-6-17(16)9-18/h3-9,13-15H,10-12H2,1-2H3,(H,22,23,25). The van der Waals surface area contributed by atoms with Crippen molar-refractivity contribution in [3.63, 3.8) is 0 Å². The first-order valence-corrected chi connectivity index (χ1v) is 10.1. The topological polar surface area (TPSA) is 54.5 Å². The number of thiazole rings is 1. The summed E-state index contributed by atoms with van der Waals surface area (Å²) in [6.07, 6.45) is 0.471. The van der Waals surface area contributed by atoms with Crippen molar-refractivity contribution in [1.82, 2.24) is 9.88 Å². The Kier molecular flexibility index (Phi) is 5.20. The number of hydrogen-bond donors (Lipinski definition) is 1. The van der Waals surface area contributed by atoms with Crippen molar-refractivity contribution in [2.45, 2.75) is 32.6 Å². The van der Waals surface area contributed by atoms with Gasteiger partial charge in [0.2, 0.25) is 0 Å². The van der Waals surface area contributed by atoms with E-state index < -0.39 is 0 Å². The van der Waals surface area contributed by atoms with Crippen LogP contribution in [0.1, 0.15) is 29.9 Å². The molecule has 0 radical (unpaired) electrons. The van der Waals surface area contributed by atoms with Crippen LogP contribution >= 0.6 is 11.3 Å². The minimum absolute atomic E-state index is 0.129. The normalized spacial score (nSPS) is 20.7. The highest BCUT2D eigenvalue weighted by molar-refractivity contribution is 7.14. The highest BCUT2D eigenvalue weighted by Gasteiger charge is 2.22. The van der Waals surface area contributed by atoms with Crippen LogP contribution in [0.15, 0.2) is 47.8 Å². The van der Waals surface area contributed by atoms with Crippen LogP contribution in [0.5, 0.6) is 0 Å². The van der Waals surface area contributed by atoms with Crippen molar-refractivity contribution in [3.8, 4) is 0 Å². The second-order valence-corrected chi connectivity index (χ2v) is 7.97. The number of hydrogen-bond acceptors (Lipinski definition) is 5. The molecule has 1 N–H and O–H groups in total. The number of aromatic nitrogens is 1. The molecule has 2 heterocycles. The summed E-state index contributed by atoms with van der Waals surface area (Å²) in [5.41, 5.74) is 1.62. The molecule has 2 unspecified atom stereocenters. The number of anilines is 1. The largest absolute Gasteiger partial charge is 0.373 e. The molecule has 0 aliphatic carbocycles. The molecule has 4 rings (SSSR count). The van der Waals surface area contributed by atoms with E-state index in [9.17, 15) is 4.79 Å². The number of amides is 1. The van der Waals surface area contributed by atoms with Gasteiger partial charge in [-0.2, -0.15) is 0 Å². The molecule has 0 spiro atoms. The lowest BCUT2D eigenvalue weighted by Gasteiger charge is -2.34. The first kappa shape index (κ1) is 18.1. The number of benzene rings is 2. The molecule has 6 heteroatoms. The zero-order valence-electron chi connectivity index (χ0n) is 15.5. The predicted molar refractivity (Wildman–Crippen MR) is 109 cm³/mol. The summed E-state index contributed by atoms with van der Waals surface area (Å²) in [5, 5.41) is 7.76. The third-order valence-corrected chi connectivity index (χ3v) is 5.47. The van der Waals surface area contributed by atoms with E-state index in [1.54, 1.807) is 0 Å². The van der Waals surface area contributed by atoms with Crippen molar-refractivity contribution < 1.29 is 9.53 Å². The first-order valence-electron chi connectivity index (χ1n) is 9.19. The van der Waals surface area contributed by atoms with Crippen LogP contribution in [0.3, 0.4) is 0 Å². The molecule has 1 saturated heterocycles. The zero-order valence-corrected chi connectivity index (χ0v) is 16.3. The number of rotatable bonds is 4. The van der Waals surface area contributed by atoms with Gasteiger partial charge >= 0.3 is 0 Å². The van der Waals surface area contributed by atoms with Crippen LogP contribution in [0.4, 0.5) is 5.13 Å². The van der Waals surface area contributed by atoms with E-state index >= 15 is 0 Å². The second-order valence-electron chi connectivity index (χ2n) is 7.11. The monoisotopic (exact) mass is 381 g/mol. The fourth-order valence-corrected chi connectivity index (χ4v) is 4.28. The second kappa shape index (κ2) is 7.76. The molecular weight excluding hydrogens is 358 g/mol. The molecule has 0 bridgehead atoms. The number of nitrogens with one attached hydrogen (secondary N) is 1. The Morgan fingerprint density at radius 2 is 1.93 bits per heavy atom. The summed E-state index contributed by atoms with van der Waals surface area (Å²) < 4.78 is 5.77. The maximum atomic E-state index is 12.6. The number of fused-ring (bicyclic) bond motifs is 1. The number of carbonyl (C=O) groups is 1. The van der Waals surface area contributed by atoms with E-state index in [0.29, 0.717) is 10.7 Å². The van der Waals surface area contributed by atoms with E-state index in [4.69, 9.17) is 4.74 Å². The van der Waals surface area contributed by atoms with Gasteiger partial charge < -0.3 is 4.74 Å². The molecule has 2 atom stereocenters. The maximum absolute atomic E-state index is 12.6. The summed E-state index contributed by atoms with van der Waals surface area (Å²) in [4.78, 5) is 19.5. The Morgan fingerprint density at radius 1 is 1.19 bits per heavy atom. The maximum Gasteiger partial charge on any atom is 0.257 e. The minimum atomic E-state index is -0.129. The van der Waals surface area contributed by atoms with Gasteiger partial charge in [-0.25, -0.2) is 4.98 Å². The Hall–Kier alpha value is -2.28. The molecule has 5 nitrogen and oxygen atoms in total. The highest BCUT2D eigenvalue weighted by atomic mass is 32.1. The molecular formula is C21H23N3O2S. The molecule has 1 aromatic heterocycles. The van der Waals surface area contributed by atoms with Gasteiger partial charge in [0, 0.05) is 30.6 Å². The Balaban J connectivity index is 1.41. The fourth-order valence-electron chi connectivity index (χ4n) is 3.58. The van der Waals surface area contributed by atoms with Crippen molar-refractivity contribution in [2.24, 2.45) is 0 Å². The van der Waals surface area contributed by atoms with Gasteiger partial charge in [-0.1, -0.05) is 30.3 Å². The average Bonchev–Trinajstić information content (AvgIpc) is 3.07. The van der Waals surface area contributed by atoms with Gasteiger partial charge in [-0.05, 0) is 36.8 Å². The van der Waals surface area contributed by atoms with Gasteiger partial charge in [0.05, 0.1) is 17.9 Å². The molecule has 1 amide bonds. The minimum Gasteiger partial charge on any atom is -0.373 e. The molecule has 0 saturated carbocycles. The number of morpholine rings is 1.